The summed E-state index contributed by atoms with van der Waals surface area (Å²) >= 11 is 0. The first-order chi connectivity index (χ1) is 14.1. The van der Waals surface area contributed by atoms with Gasteiger partial charge in [-0.2, -0.15) is 4.99 Å². The molecule has 1 aliphatic carbocycles. The molecule has 0 radical (unpaired) electrons. The molecule has 0 saturated heterocycles. The summed E-state index contributed by atoms with van der Waals surface area (Å²) in [4.78, 5) is 26.9. The summed E-state index contributed by atoms with van der Waals surface area (Å²) < 4.78 is 5.59. The second-order valence-electron chi connectivity index (χ2n) is 8.53. The summed E-state index contributed by atoms with van der Waals surface area (Å²) in [7, 11) is 3.38. The average molecular weight is 406 g/mol. The second-order valence-corrected chi connectivity index (χ2v) is 8.53. The third-order valence-corrected chi connectivity index (χ3v) is 5.91. The van der Waals surface area contributed by atoms with Crippen LogP contribution in [0.1, 0.15) is 44.0 Å². The molecule has 0 saturated carbocycles. The van der Waals surface area contributed by atoms with Crippen LogP contribution in [0.4, 0.5) is 10.5 Å². The molecule has 2 atom stereocenters. The van der Waals surface area contributed by atoms with E-state index in [1.54, 1.807) is 40.4 Å². The number of carbonyl (C=O) groups is 1. The maximum absolute atomic E-state index is 12.2. The van der Waals surface area contributed by atoms with Crippen molar-refractivity contribution in [3.63, 3.8) is 0 Å². The highest BCUT2D eigenvalue weighted by atomic mass is 16.5. The summed E-state index contributed by atoms with van der Waals surface area (Å²) in [5.74, 6) is 0. The number of pyridine rings is 2. The van der Waals surface area contributed by atoms with Crippen LogP contribution in [0, 0.1) is 0 Å². The smallest absolute Gasteiger partial charge is 0.348 e. The number of urea groups is 1. The van der Waals surface area contributed by atoms with Gasteiger partial charge in [0.2, 0.25) is 0 Å². The van der Waals surface area contributed by atoms with Crippen LogP contribution in [0.3, 0.4) is 0 Å². The number of aromatic nitrogens is 2. The first-order valence-corrected chi connectivity index (χ1v) is 9.93. The Kier molecular flexibility index (Phi) is 4.83. The number of methoxy groups -OCH3 is 1. The van der Waals surface area contributed by atoms with Gasteiger partial charge in [-0.1, -0.05) is 12.2 Å². The Morgan fingerprint density at radius 2 is 2.07 bits per heavy atom. The summed E-state index contributed by atoms with van der Waals surface area (Å²) in [6, 6.07) is 1.68. The second kappa shape index (κ2) is 7.11. The highest BCUT2D eigenvalue weighted by Crippen LogP contribution is 2.37. The number of rotatable bonds is 5. The van der Waals surface area contributed by atoms with Gasteiger partial charge in [0.05, 0.1) is 29.3 Å². The van der Waals surface area contributed by atoms with E-state index >= 15 is 0 Å². The minimum Gasteiger partial charge on any atom is -0.386 e. The van der Waals surface area contributed by atoms with Gasteiger partial charge >= 0.3 is 6.03 Å². The largest absolute Gasteiger partial charge is 0.386 e. The molecule has 3 heterocycles. The van der Waals surface area contributed by atoms with Crippen LogP contribution in [0.15, 0.2) is 35.7 Å². The van der Waals surface area contributed by atoms with Crippen LogP contribution >= 0.6 is 0 Å². The fourth-order valence-corrected chi connectivity index (χ4v) is 3.98. The van der Waals surface area contributed by atoms with Gasteiger partial charge in [0, 0.05) is 42.7 Å². The molecular weight excluding hydrogens is 380 g/mol. The van der Waals surface area contributed by atoms with Crippen molar-refractivity contribution in [2.24, 2.45) is 4.99 Å². The number of anilines is 1. The standard InChI is InChI=1S/C23H26N4O3/c1-14(30-5)9-23(16-8-15(11-24-12-16)22(2,3)29)7-6-18-17(10-23)20-19(13-25-18)27(4)21(28)26-20/h6-8,10-14,29H,9H2,1-5H3/t14-,23?/m0/s1. The quantitative estimate of drug-likeness (QED) is 0.821. The van der Waals surface area contributed by atoms with Crippen LogP contribution in [-0.4, -0.2) is 41.4 Å². The van der Waals surface area contributed by atoms with E-state index in [-0.39, 0.29) is 12.1 Å². The van der Waals surface area contributed by atoms with Gasteiger partial charge in [-0.25, -0.2) is 4.79 Å². The molecule has 0 bridgehead atoms. The lowest BCUT2D eigenvalue weighted by Gasteiger charge is -2.33. The number of carbonyl (C=O) groups excluding carboxylic acids is 1. The molecule has 2 amide bonds. The molecule has 0 aromatic carbocycles. The van der Waals surface area contributed by atoms with E-state index in [1.807, 2.05) is 25.3 Å². The number of hydrogen-bond donors (Lipinski definition) is 1. The molecule has 0 fully saturated rings. The lowest BCUT2D eigenvalue weighted by molar-refractivity contribution is 0.0779. The molecule has 156 valence electrons. The molecule has 1 N–H and O–H groups in total. The van der Waals surface area contributed by atoms with E-state index in [0.29, 0.717) is 17.5 Å². The number of allylic oxidation sites excluding steroid dienone is 1. The Hall–Kier alpha value is -2.90. The summed E-state index contributed by atoms with van der Waals surface area (Å²) in [6.45, 7) is 5.50. The number of ether oxygens (including phenoxy) is 1. The third kappa shape index (κ3) is 3.34. The van der Waals surface area contributed by atoms with Crippen molar-refractivity contribution in [1.29, 1.82) is 0 Å². The first-order valence-electron chi connectivity index (χ1n) is 9.93. The SMILES string of the molecule is CO[C@@H](C)CC1(c2cncc(C(C)(C)O)c2)C=Cc2ncc3c(c2=C1)=NC(=O)N3C. The molecule has 4 rings (SSSR count). The summed E-state index contributed by atoms with van der Waals surface area (Å²) in [5, 5.41) is 12.0. The molecule has 1 aliphatic heterocycles. The van der Waals surface area contributed by atoms with E-state index in [4.69, 9.17) is 4.74 Å². The number of aliphatic hydroxyl groups is 1. The Morgan fingerprint density at radius 3 is 2.77 bits per heavy atom. The number of nitrogens with zero attached hydrogens (tertiary/aromatic N) is 4. The topological polar surface area (TPSA) is 87.9 Å². The van der Waals surface area contributed by atoms with Crippen molar-refractivity contribution in [3.05, 3.63) is 58.1 Å². The fraction of sp³-hybridized carbons (Fsp3) is 0.391. The van der Waals surface area contributed by atoms with E-state index in [2.05, 4.69) is 27.1 Å². The predicted octanol–water partition coefficient (Wildman–Crippen LogP) is 2.06. The van der Waals surface area contributed by atoms with Gasteiger partial charge in [-0.15, -0.1) is 0 Å². The highest BCUT2D eigenvalue weighted by molar-refractivity contribution is 5.95. The molecule has 2 aromatic heterocycles. The van der Waals surface area contributed by atoms with Crippen molar-refractivity contribution in [2.75, 3.05) is 19.1 Å². The monoisotopic (exact) mass is 406 g/mol. The van der Waals surface area contributed by atoms with E-state index in [0.717, 1.165) is 22.0 Å². The molecule has 0 spiro atoms. The molecular formula is C23H26N4O3. The van der Waals surface area contributed by atoms with Crippen molar-refractivity contribution < 1.29 is 14.6 Å². The van der Waals surface area contributed by atoms with Gasteiger partial charge in [-0.05, 0) is 44.9 Å². The zero-order valence-electron chi connectivity index (χ0n) is 17.9. The average Bonchev–Trinajstić information content (AvgIpc) is 3.02. The Balaban J connectivity index is 1.98. The first kappa shape index (κ1) is 20.4. The van der Waals surface area contributed by atoms with Crippen LogP contribution in [0.25, 0.3) is 12.2 Å². The van der Waals surface area contributed by atoms with Gasteiger partial charge in [0.15, 0.2) is 0 Å². The predicted molar refractivity (Wildman–Crippen MR) is 115 cm³/mol. The van der Waals surface area contributed by atoms with E-state index in [9.17, 15) is 9.90 Å². The third-order valence-electron chi connectivity index (χ3n) is 5.91. The van der Waals surface area contributed by atoms with Crippen molar-refractivity contribution in [1.82, 2.24) is 9.97 Å². The Bertz CT molecular complexity index is 1170. The summed E-state index contributed by atoms with van der Waals surface area (Å²) in [6.07, 6.45) is 12.0. The van der Waals surface area contributed by atoms with Gasteiger partial charge in [0.25, 0.3) is 0 Å². The molecule has 7 heteroatoms. The minimum atomic E-state index is -1.01. The molecule has 2 aromatic rings. The van der Waals surface area contributed by atoms with E-state index < -0.39 is 11.0 Å². The molecule has 7 nitrogen and oxygen atoms in total. The number of hydrogen-bond acceptors (Lipinski definition) is 5. The lowest BCUT2D eigenvalue weighted by atomic mass is 9.73. The summed E-state index contributed by atoms with van der Waals surface area (Å²) in [5.41, 5.74) is 1.57. The number of amides is 2. The van der Waals surface area contributed by atoms with Crippen LogP contribution < -0.4 is 15.5 Å². The van der Waals surface area contributed by atoms with Crippen LogP contribution in [-0.2, 0) is 15.8 Å². The Morgan fingerprint density at radius 1 is 1.30 bits per heavy atom. The van der Waals surface area contributed by atoms with Gasteiger partial charge < -0.3 is 9.84 Å². The lowest BCUT2D eigenvalue weighted by Crippen LogP contribution is -2.38. The van der Waals surface area contributed by atoms with Gasteiger partial charge in [0.1, 0.15) is 5.36 Å². The normalized spacial score (nSPS) is 21.0. The molecule has 30 heavy (non-hydrogen) atoms. The van der Waals surface area contributed by atoms with Crippen molar-refractivity contribution in [3.8, 4) is 0 Å². The van der Waals surface area contributed by atoms with Crippen LogP contribution in [0.5, 0.6) is 0 Å². The minimum absolute atomic E-state index is 0.0378. The highest BCUT2D eigenvalue weighted by Gasteiger charge is 2.34. The fourth-order valence-electron chi connectivity index (χ4n) is 3.98. The molecule has 2 aliphatic rings. The number of fused-ring (bicyclic) bond motifs is 3. The molecule has 1 unspecified atom stereocenters. The Labute approximate surface area is 175 Å². The van der Waals surface area contributed by atoms with Crippen LogP contribution in [0.2, 0.25) is 0 Å². The zero-order chi connectivity index (χ0) is 21.7. The van der Waals surface area contributed by atoms with E-state index in [1.165, 1.54) is 4.90 Å². The van der Waals surface area contributed by atoms with Gasteiger partial charge in [-0.3, -0.25) is 14.9 Å². The van der Waals surface area contributed by atoms with Crippen molar-refractivity contribution in [2.45, 2.75) is 44.3 Å². The maximum atomic E-state index is 12.2. The maximum Gasteiger partial charge on any atom is 0.348 e. The van der Waals surface area contributed by atoms with Crippen molar-refractivity contribution >= 4 is 23.9 Å². The zero-order valence-corrected chi connectivity index (χ0v) is 17.9.